The van der Waals surface area contributed by atoms with E-state index < -0.39 is 63.7 Å². The van der Waals surface area contributed by atoms with Crippen LogP contribution in [0.3, 0.4) is 0 Å². The number of carboxylic acid groups (broad SMARTS) is 1. The molecule has 2 heterocycles. The van der Waals surface area contributed by atoms with Gasteiger partial charge in [-0.1, -0.05) is 127 Å². The molecule has 0 spiro atoms. The zero-order valence-electron chi connectivity index (χ0n) is 37.3. The van der Waals surface area contributed by atoms with E-state index in [1.165, 1.54) is 48.3 Å². The Labute approximate surface area is 339 Å². The predicted octanol–water partition coefficient (Wildman–Crippen LogP) is 8.23. The number of aliphatic carboxylic acids is 1. The molecule has 11 nitrogen and oxygen atoms in total. The molecule has 0 radical (unpaired) electrons. The molecule has 2 aliphatic rings. The molecule has 6 atom stereocenters. The van der Waals surface area contributed by atoms with E-state index in [9.17, 15) is 33.9 Å². The summed E-state index contributed by atoms with van der Waals surface area (Å²) in [4.78, 5) is 88.0. The van der Waals surface area contributed by atoms with Gasteiger partial charge in [0.25, 0.3) is 0 Å². The summed E-state index contributed by atoms with van der Waals surface area (Å²) in [6.45, 7) is 20.3. The van der Waals surface area contributed by atoms with Crippen molar-refractivity contribution in [2.45, 2.75) is 159 Å². The summed E-state index contributed by atoms with van der Waals surface area (Å²) >= 11 is 0. The van der Waals surface area contributed by atoms with Crippen molar-refractivity contribution in [3.05, 3.63) is 0 Å². The molecule has 0 saturated carbocycles. The summed E-state index contributed by atoms with van der Waals surface area (Å²) in [5.41, 5.74) is -2.48. The molecule has 6 unspecified atom stereocenters. The molecule has 1 N–H and O–H groups in total. The fourth-order valence-corrected chi connectivity index (χ4v) is 9.74. The number of hydrogen-bond donors (Lipinski definition) is 1. The quantitative estimate of drug-likeness (QED) is 0.0495. The number of ether oxygens (including phenoxy) is 1. The summed E-state index contributed by atoms with van der Waals surface area (Å²) in [6.07, 6.45) is 12.8. The van der Waals surface area contributed by atoms with Crippen molar-refractivity contribution < 1.29 is 38.6 Å². The third kappa shape index (κ3) is 12.6. The van der Waals surface area contributed by atoms with E-state index in [-0.39, 0.29) is 49.6 Å². The van der Waals surface area contributed by atoms with Crippen molar-refractivity contribution >= 4 is 35.6 Å². The highest BCUT2D eigenvalue weighted by Crippen LogP contribution is 2.53. The molecule has 0 aromatic rings. The number of carboxylic acids is 1. The maximum Gasteiger partial charge on any atom is 0.309 e. The Bertz CT molecular complexity index is 1340. The lowest BCUT2D eigenvalue weighted by Gasteiger charge is -2.41. The molecule has 2 fully saturated rings. The Hall–Kier alpha value is -2.82. The molecule has 2 saturated heterocycles. The fourth-order valence-electron chi connectivity index (χ4n) is 9.74. The highest BCUT2D eigenvalue weighted by molar-refractivity contribution is 6.07. The third-order valence-corrected chi connectivity index (χ3v) is 13.1. The van der Waals surface area contributed by atoms with Crippen LogP contribution in [-0.2, 0) is 33.5 Å². The number of rotatable bonds is 27. The molecule has 0 bridgehead atoms. The number of imide groups is 2. The van der Waals surface area contributed by atoms with Gasteiger partial charge in [-0.15, -0.1) is 0 Å². The van der Waals surface area contributed by atoms with Gasteiger partial charge in [0.15, 0.2) is 0 Å². The van der Waals surface area contributed by atoms with Gasteiger partial charge in [-0.3, -0.25) is 38.6 Å². The van der Waals surface area contributed by atoms with Crippen LogP contribution in [0.4, 0.5) is 0 Å². The van der Waals surface area contributed by atoms with Crippen LogP contribution in [0.5, 0.6) is 0 Å². The summed E-state index contributed by atoms with van der Waals surface area (Å²) in [7, 11) is 3.91. The van der Waals surface area contributed by atoms with E-state index in [1.54, 1.807) is 27.7 Å². The van der Waals surface area contributed by atoms with Crippen molar-refractivity contribution in [2.24, 2.45) is 51.8 Å². The van der Waals surface area contributed by atoms with Crippen molar-refractivity contribution in [1.29, 1.82) is 0 Å². The average molecular weight is 790 g/mol. The van der Waals surface area contributed by atoms with Gasteiger partial charge >= 0.3 is 11.9 Å². The summed E-state index contributed by atoms with van der Waals surface area (Å²) in [5, 5.41) is 10.5. The minimum Gasteiger partial charge on any atom is -0.481 e. The second-order valence-electron chi connectivity index (χ2n) is 19.2. The van der Waals surface area contributed by atoms with Crippen LogP contribution < -0.4 is 0 Å². The Balaban J connectivity index is 2.48. The second kappa shape index (κ2) is 21.8. The zero-order valence-corrected chi connectivity index (χ0v) is 37.3. The van der Waals surface area contributed by atoms with Crippen LogP contribution in [0, 0.1) is 51.8 Å². The fraction of sp³-hybridized carbons (Fsp3) is 0.867. The van der Waals surface area contributed by atoms with Crippen LogP contribution in [0.2, 0.25) is 0 Å². The number of nitrogens with zero attached hydrogens (tertiary/aromatic N) is 3. The number of esters is 1. The molecule has 322 valence electrons. The first-order valence-electron chi connectivity index (χ1n) is 21.9. The average Bonchev–Trinajstić information content (AvgIpc) is 3.47. The normalized spacial score (nSPS) is 22.1. The van der Waals surface area contributed by atoms with Crippen molar-refractivity contribution in [1.82, 2.24) is 14.7 Å². The van der Waals surface area contributed by atoms with Crippen LogP contribution in [0.15, 0.2) is 0 Å². The van der Waals surface area contributed by atoms with Crippen LogP contribution in [0.25, 0.3) is 0 Å². The highest BCUT2D eigenvalue weighted by atomic mass is 16.5. The number of carbonyl (C=O) groups excluding carboxylic acids is 5. The van der Waals surface area contributed by atoms with E-state index in [1.807, 2.05) is 53.6 Å². The van der Waals surface area contributed by atoms with E-state index >= 15 is 0 Å². The zero-order chi connectivity index (χ0) is 42.6. The number of hydrogen-bond acceptors (Lipinski definition) is 8. The third-order valence-electron chi connectivity index (χ3n) is 13.1. The minimum absolute atomic E-state index is 0.0546. The number of likely N-dealkylation sites (tertiary alicyclic amines) is 2. The largest absolute Gasteiger partial charge is 0.481 e. The Kier molecular flexibility index (Phi) is 19.2. The Morgan fingerprint density at radius 2 is 1.12 bits per heavy atom. The topological polar surface area (TPSA) is 142 Å². The lowest BCUT2D eigenvalue weighted by atomic mass is 9.60. The standard InChI is InChI=1S/C45H79N3O8/c1-13-16-17-18-19-20-21-22-23-24-27-47-38(50)33(29-44(7,8)34(41(53)54)31(4)42(55)56-15-3)36(40(47)52)45(9,10)30-32-35(43(5,6)14-2)39(51)48(37(32)49)28-25-26-46(11)12/h31-36H,13-30H2,1-12H3,(H,53,54). The van der Waals surface area contributed by atoms with Gasteiger partial charge in [0.1, 0.15) is 0 Å². The lowest BCUT2D eigenvalue weighted by molar-refractivity contribution is -0.162. The first kappa shape index (κ1) is 49.3. The summed E-state index contributed by atoms with van der Waals surface area (Å²) in [5.74, 6) is -7.93. The Morgan fingerprint density at radius 1 is 0.679 bits per heavy atom. The number of amides is 4. The molecular formula is C45H79N3O8. The lowest BCUT2D eigenvalue weighted by Crippen LogP contribution is -2.44. The first-order chi connectivity index (χ1) is 26.1. The van der Waals surface area contributed by atoms with Gasteiger partial charge in [-0.25, -0.2) is 0 Å². The molecule has 2 rings (SSSR count). The van der Waals surface area contributed by atoms with Crippen molar-refractivity contribution in [3.8, 4) is 0 Å². The molecule has 4 amide bonds. The van der Waals surface area contributed by atoms with Crippen LogP contribution in [-0.4, -0.2) is 95.7 Å². The van der Waals surface area contributed by atoms with E-state index in [0.717, 1.165) is 25.8 Å². The summed E-state index contributed by atoms with van der Waals surface area (Å²) < 4.78 is 5.22. The van der Waals surface area contributed by atoms with Crippen LogP contribution in [0.1, 0.15) is 159 Å². The maximum atomic E-state index is 14.7. The summed E-state index contributed by atoms with van der Waals surface area (Å²) in [6, 6.07) is 0. The number of carbonyl (C=O) groups is 6. The van der Waals surface area contributed by atoms with Crippen molar-refractivity contribution in [2.75, 3.05) is 40.3 Å². The molecule has 2 aliphatic heterocycles. The minimum atomic E-state index is -1.18. The van der Waals surface area contributed by atoms with E-state index in [0.29, 0.717) is 25.8 Å². The van der Waals surface area contributed by atoms with Crippen molar-refractivity contribution in [3.63, 3.8) is 0 Å². The van der Waals surface area contributed by atoms with E-state index in [4.69, 9.17) is 4.74 Å². The smallest absolute Gasteiger partial charge is 0.309 e. The van der Waals surface area contributed by atoms with Gasteiger partial charge in [-0.2, -0.15) is 0 Å². The first-order valence-corrected chi connectivity index (χ1v) is 21.9. The van der Waals surface area contributed by atoms with Gasteiger partial charge in [-0.05, 0) is 69.5 Å². The monoisotopic (exact) mass is 790 g/mol. The highest BCUT2D eigenvalue weighted by Gasteiger charge is 2.60. The SMILES string of the molecule is CCCCCCCCCCCCN1C(=O)C(CC(C)(C)C(C(=O)O)C(C)C(=O)OCC)C(C(C)(C)CC2C(=O)N(CCCN(C)C)C(=O)C2C(C)(C)CC)C1=O. The van der Waals surface area contributed by atoms with Gasteiger partial charge in [0, 0.05) is 13.1 Å². The van der Waals surface area contributed by atoms with Gasteiger partial charge < -0.3 is 14.7 Å². The Morgan fingerprint density at radius 3 is 1.57 bits per heavy atom. The molecule has 0 aliphatic carbocycles. The number of unbranched alkanes of at least 4 members (excludes halogenated alkanes) is 9. The maximum absolute atomic E-state index is 14.7. The molecule has 11 heteroatoms. The predicted molar refractivity (Wildman–Crippen MR) is 220 cm³/mol. The van der Waals surface area contributed by atoms with Gasteiger partial charge in [0.2, 0.25) is 23.6 Å². The molecular weight excluding hydrogens is 711 g/mol. The molecule has 56 heavy (non-hydrogen) atoms. The molecule has 0 aromatic carbocycles. The van der Waals surface area contributed by atoms with Crippen LogP contribution >= 0.6 is 0 Å². The van der Waals surface area contributed by atoms with E-state index in [2.05, 4.69) is 6.92 Å². The molecule has 0 aromatic heterocycles. The second-order valence-corrected chi connectivity index (χ2v) is 19.2. The van der Waals surface area contributed by atoms with Gasteiger partial charge in [0.05, 0.1) is 42.1 Å².